The van der Waals surface area contributed by atoms with Crippen molar-refractivity contribution in [1.82, 2.24) is 29.5 Å². The van der Waals surface area contributed by atoms with E-state index in [1.54, 1.807) is 24.2 Å². The molecule has 4 rings (SSSR count). The van der Waals surface area contributed by atoms with Crippen LogP contribution in [0.5, 0.6) is 5.75 Å². The van der Waals surface area contributed by atoms with Crippen molar-refractivity contribution in [2.75, 3.05) is 7.11 Å². The molecule has 0 aliphatic rings. The fourth-order valence-corrected chi connectivity index (χ4v) is 2.66. The minimum absolute atomic E-state index is 0.727. The van der Waals surface area contributed by atoms with Crippen LogP contribution in [0.1, 0.15) is 0 Å². The second kappa shape index (κ2) is 6.20. The summed E-state index contributed by atoms with van der Waals surface area (Å²) in [6, 6.07) is 11.5. The second-order valence-electron chi connectivity index (χ2n) is 5.50. The van der Waals surface area contributed by atoms with E-state index in [1.807, 2.05) is 60.4 Å². The summed E-state index contributed by atoms with van der Waals surface area (Å²) in [5, 5.41) is 13.0. The Morgan fingerprint density at radius 3 is 2.44 bits per heavy atom. The molecule has 0 N–H and O–H groups in total. The molecule has 0 saturated heterocycles. The third-order valence-corrected chi connectivity index (χ3v) is 3.95. The van der Waals surface area contributed by atoms with Gasteiger partial charge in [0.1, 0.15) is 11.4 Å². The Hall–Kier alpha value is -3.48. The molecule has 0 aliphatic carbocycles. The molecule has 0 radical (unpaired) electrons. The van der Waals surface area contributed by atoms with E-state index < -0.39 is 0 Å². The maximum atomic E-state index is 5.34. The van der Waals surface area contributed by atoms with Crippen LogP contribution in [0.3, 0.4) is 0 Å². The highest BCUT2D eigenvalue weighted by molar-refractivity contribution is 5.71. The molecule has 0 fully saturated rings. The molecule has 3 aromatic heterocycles. The Kier molecular flexibility index (Phi) is 3.74. The van der Waals surface area contributed by atoms with Crippen molar-refractivity contribution < 1.29 is 4.74 Å². The molecule has 0 aliphatic heterocycles. The van der Waals surface area contributed by atoms with Gasteiger partial charge in [-0.1, -0.05) is 0 Å². The van der Waals surface area contributed by atoms with Crippen molar-refractivity contribution >= 4 is 0 Å². The van der Waals surface area contributed by atoms with Gasteiger partial charge in [0, 0.05) is 43.5 Å². The highest BCUT2D eigenvalue weighted by Gasteiger charge is 2.12. The zero-order valence-corrected chi connectivity index (χ0v) is 13.9. The van der Waals surface area contributed by atoms with E-state index in [0.717, 1.165) is 34.2 Å². The van der Waals surface area contributed by atoms with Gasteiger partial charge in [0.05, 0.1) is 18.5 Å². The number of methoxy groups -OCH3 is 1. The van der Waals surface area contributed by atoms with Crippen LogP contribution >= 0.6 is 0 Å². The minimum atomic E-state index is 0.727. The molecule has 7 heteroatoms. The summed E-state index contributed by atoms with van der Waals surface area (Å²) in [6.07, 6.45) is 7.24. The number of aromatic nitrogens is 6. The molecule has 0 amide bonds. The number of rotatable bonds is 4. The van der Waals surface area contributed by atoms with E-state index in [9.17, 15) is 0 Å². The Morgan fingerprint density at radius 2 is 1.80 bits per heavy atom. The first-order valence-electron chi connectivity index (χ1n) is 7.76. The quantitative estimate of drug-likeness (QED) is 0.575. The summed E-state index contributed by atoms with van der Waals surface area (Å²) in [5.41, 5.74) is 3.28. The SMILES string of the molecule is COc1ccc(-c2ccc(-c3nccn3C)nn2)c(-n2cccn2)c1. The fourth-order valence-electron chi connectivity index (χ4n) is 2.66. The number of hydrogen-bond acceptors (Lipinski definition) is 5. The van der Waals surface area contributed by atoms with Gasteiger partial charge < -0.3 is 9.30 Å². The third-order valence-electron chi connectivity index (χ3n) is 3.95. The van der Waals surface area contributed by atoms with E-state index in [-0.39, 0.29) is 0 Å². The summed E-state index contributed by atoms with van der Waals surface area (Å²) in [5.74, 6) is 1.54. The van der Waals surface area contributed by atoms with Gasteiger partial charge in [0.2, 0.25) is 0 Å². The number of hydrogen-bond donors (Lipinski definition) is 0. The molecule has 4 aromatic rings. The largest absolute Gasteiger partial charge is 0.497 e. The van der Waals surface area contributed by atoms with Crippen LogP contribution in [-0.4, -0.2) is 36.6 Å². The second-order valence-corrected chi connectivity index (χ2v) is 5.50. The fraction of sp³-hybridized carbons (Fsp3) is 0.111. The standard InChI is InChI=1S/C18H16N6O/c1-23-11-9-19-18(23)16-7-6-15(21-22-16)14-5-4-13(25-2)12-17(14)24-10-3-8-20-24/h3-12H,1-2H3. The van der Waals surface area contributed by atoms with Gasteiger partial charge in [-0.3, -0.25) is 0 Å². The minimum Gasteiger partial charge on any atom is -0.497 e. The van der Waals surface area contributed by atoms with Crippen LogP contribution in [0.2, 0.25) is 0 Å². The van der Waals surface area contributed by atoms with Crippen molar-refractivity contribution in [1.29, 1.82) is 0 Å². The van der Waals surface area contributed by atoms with E-state index in [0.29, 0.717) is 0 Å². The third kappa shape index (κ3) is 2.76. The lowest BCUT2D eigenvalue weighted by molar-refractivity contribution is 0.414. The zero-order chi connectivity index (χ0) is 17.2. The van der Waals surface area contributed by atoms with Crippen LogP contribution in [0.25, 0.3) is 28.5 Å². The smallest absolute Gasteiger partial charge is 0.160 e. The Bertz CT molecular complexity index is 989. The maximum Gasteiger partial charge on any atom is 0.160 e. The van der Waals surface area contributed by atoms with Crippen LogP contribution < -0.4 is 4.74 Å². The van der Waals surface area contributed by atoms with Crippen molar-refractivity contribution in [3.05, 3.63) is 61.2 Å². The van der Waals surface area contributed by atoms with Gasteiger partial charge >= 0.3 is 0 Å². The first kappa shape index (κ1) is 15.1. The van der Waals surface area contributed by atoms with Gasteiger partial charge in [-0.2, -0.15) is 5.10 Å². The lowest BCUT2D eigenvalue weighted by Gasteiger charge is -2.11. The van der Waals surface area contributed by atoms with Crippen LogP contribution in [0, 0.1) is 0 Å². The lowest BCUT2D eigenvalue weighted by Crippen LogP contribution is -2.01. The van der Waals surface area contributed by atoms with Crippen molar-refractivity contribution in [3.8, 4) is 34.2 Å². The zero-order valence-electron chi connectivity index (χ0n) is 13.9. The summed E-state index contributed by atoms with van der Waals surface area (Å²) < 4.78 is 9.03. The summed E-state index contributed by atoms with van der Waals surface area (Å²) >= 11 is 0. The van der Waals surface area contributed by atoms with Gasteiger partial charge in [0.15, 0.2) is 5.82 Å². The number of aryl methyl sites for hydroxylation is 1. The summed E-state index contributed by atoms with van der Waals surface area (Å²) in [6.45, 7) is 0. The molecule has 124 valence electrons. The van der Waals surface area contributed by atoms with E-state index in [2.05, 4.69) is 20.3 Å². The number of imidazole rings is 1. The molecule has 0 unspecified atom stereocenters. The first-order valence-corrected chi connectivity index (χ1v) is 7.76. The van der Waals surface area contributed by atoms with Crippen LogP contribution in [0.15, 0.2) is 61.2 Å². The molecular formula is C18H16N6O. The van der Waals surface area contributed by atoms with Gasteiger partial charge in [0.25, 0.3) is 0 Å². The van der Waals surface area contributed by atoms with E-state index in [4.69, 9.17) is 4.74 Å². The maximum absolute atomic E-state index is 5.34. The average molecular weight is 332 g/mol. The lowest BCUT2D eigenvalue weighted by atomic mass is 10.1. The number of nitrogens with zero attached hydrogens (tertiary/aromatic N) is 6. The molecule has 3 heterocycles. The summed E-state index contributed by atoms with van der Waals surface area (Å²) in [4.78, 5) is 4.30. The topological polar surface area (TPSA) is 70.7 Å². The van der Waals surface area contributed by atoms with E-state index in [1.165, 1.54) is 0 Å². The molecule has 1 aromatic carbocycles. The molecule has 7 nitrogen and oxygen atoms in total. The highest BCUT2D eigenvalue weighted by atomic mass is 16.5. The molecule has 0 spiro atoms. The van der Waals surface area contributed by atoms with Gasteiger partial charge in [-0.05, 0) is 30.3 Å². The Balaban J connectivity index is 1.78. The van der Waals surface area contributed by atoms with Gasteiger partial charge in [-0.25, -0.2) is 9.67 Å². The monoisotopic (exact) mass is 332 g/mol. The Morgan fingerprint density at radius 1 is 0.960 bits per heavy atom. The number of benzene rings is 1. The average Bonchev–Trinajstić information content (AvgIpc) is 3.33. The normalized spacial score (nSPS) is 10.8. The van der Waals surface area contributed by atoms with Crippen molar-refractivity contribution in [3.63, 3.8) is 0 Å². The van der Waals surface area contributed by atoms with Crippen LogP contribution in [-0.2, 0) is 7.05 Å². The highest BCUT2D eigenvalue weighted by Crippen LogP contribution is 2.29. The van der Waals surface area contributed by atoms with Crippen molar-refractivity contribution in [2.45, 2.75) is 0 Å². The van der Waals surface area contributed by atoms with Crippen molar-refractivity contribution in [2.24, 2.45) is 7.05 Å². The first-order chi connectivity index (χ1) is 12.3. The predicted molar refractivity (Wildman–Crippen MR) is 93.3 cm³/mol. The summed E-state index contributed by atoms with van der Waals surface area (Å²) in [7, 11) is 3.57. The molecule has 25 heavy (non-hydrogen) atoms. The molecular weight excluding hydrogens is 316 g/mol. The van der Waals surface area contributed by atoms with Gasteiger partial charge in [-0.15, -0.1) is 10.2 Å². The number of ether oxygens (including phenoxy) is 1. The van der Waals surface area contributed by atoms with E-state index >= 15 is 0 Å². The molecule has 0 bridgehead atoms. The molecule has 0 atom stereocenters. The van der Waals surface area contributed by atoms with Crippen LogP contribution in [0.4, 0.5) is 0 Å². The Labute approximate surface area is 144 Å². The predicted octanol–water partition coefficient (Wildman–Crippen LogP) is 2.74. The molecule has 0 saturated carbocycles.